The van der Waals surface area contributed by atoms with Crippen molar-refractivity contribution in [2.75, 3.05) is 13.1 Å². The molecule has 1 unspecified atom stereocenters. The molecule has 0 radical (unpaired) electrons. The standard InChI is InChI=1S/C9H14N4O/c10-8-1-3-13(5-8)9(14)6-12-4-2-11-7-12/h2,4,7-8H,1,3,5-6,10H2. The predicted octanol–water partition coefficient (Wildman–Crippen LogP) is -0.557. The third kappa shape index (κ3) is 1.93. The van der Waals surface area contributed by atoms with Crippen LogP contribution in [0.3, 0.4) is 0 Å². The average molecular weight is 194 g/mol. The quantitative estimate of drug-likeness (QED) is 0.686. The first-order valence-electron chi connectivity index (χ1n) is 4.75. The highest BCUT2D eigenvalue weighted by atomic mass is 16.2. The molecule has 2 rings (SSSR count). The molecule has 1 aromatic heterocycles. The Kier molecular flexibility index (Phi) is 2.49. The minimum atomic E-state index is 0.121. The van der Waals surface area contributed by atoms with Gasteiger partial charge in [0.15, 0.2) is 0 Å². The summed E-state index contributed by atoms with van der Waals surface area (Å²) in [4.78, 5) is 17.4. The first-order chi connectivity index (χ1) is 6.75. The van der Waals surface area contributed by atoms with Crippen LogP contribution in [0, 0.1) is 0 Å². The summed E-state index contributed by atoms with van der Waals surface area (Å²) in [5, 5.41) is 0. The van der Waals surface area contributed by atoms with Gasteiger partial charge < -0.3 is 15.2 Å². The molecule has 1 saturated heterocycles. The van der Waals surface area contributed by atoms with Gasteiger partial charge in [0.2, 0.25) is 5.91 Å². The summed E-state index contributed by atoms with van der Waals surface area (Å²) in [7, 11) is 0. The van der Waals surface area contributed by atoms with E-state index in [4.69, 9.17) is 5.73 Å². The van der Waals surface area contributed by atoms with Crippen LogP contribution in [0.25, 0.3) is 0 Å². The molecule has 0 saturated carbocycles. The number of hydrogen-bond donors (Lipinski definition) is 1. The number of carbonyl (C=O) groups is 1. The van der Waals surface area contributed by atoms with E-state index in [2.05, 4.69) is 4.98 Å². The van der Waals surface area contributed by atoms with Crippen molar-refractivity contribution >= 4 is 5.91 Å². The molecular formula is C9H14N4O. The Hall–Kier alpha value is -1.36. The number of likely N-dealkylation sites (tertiary alicyclic amines) is 1. The highest BCUT2D eigenvalue weighted by molar-refractivity contribution is 5.76. The molecule has 1 fully saturated rings. The molecule has 14 heavy (non-hydrogen) atoms. The first kappa shape index (κ1) is 9.21. The van der Waals surface area contributed by atoms with Crippen molar-refractivity contribution in [3.63, 3.8) is 0 Å². The Morgan fingerprint density at radius 2 is 2.50 bits per heavy atom. The van der Waals surface area contributed by atoms with E-state index in [1.165, 1.54) is 0 Å². The van der Waals surface area contributed by atoms with E-state index in [0.29, 0.717) is 13.1 Å². The summed E-state index contributed by atoms with van der Waals surface area (Å²) in [5.41, 5.74) is 5.72. The fraction of sp³-hybridized carbons (Fsp3) is 0.556. The van der Waals surface area contributed by atoms with Crippen molar-refractivity contribution < 1.29 is 4.79 Å². The van der Waals surface area contributed by atoms with Gasteiger partial charge in [0, 0.05) is 31.5 Å². The molecule has 1 atom stereocenters. The molecule has 0 spiro atoms. The van der Waals surface area contributed by atoms with Crippen molar-refractivity contribution in [1.82, 2.24) is 14.5 Å². The highest BCUT2D eigenvalue weighted by Gasteiger charge is 2.23. The lowest BCUT2D eigenvalue weighted by atomic mass is 10.3. The first-order valence-corrected chi connectivity index (χ1v) is 4.75. The molecule has 76 valence electrons. The van der Waals surface area contributed by atoms with Gasteiger partial charge in [-0.1, -0.05) is 0 Å². The lowest BCUT2D eigenvalue weighted by molar-refractivity contribution is -0.130. The number of nitrogens with zero attached hydrogens (tertiary/aromatic N) is 3. The largest absolute Gasteiger partial charge is 0.340 e. The van der Waals surface area contributed by atoms with Crippen molar-refractivity contribution in [2.45, 2.75) is 19.0 Å². The Balaban J connectivity index is 1.90. The summed E-state index contributed by atoms with van der Waals surface area (Å²) in [6, 6.07) is 0.154. The Morgan fingerprint density at radius 3 is 3.07 bits per heavy atom. The van der Waals surface area contributed by atoms with Gasteiger partial charge in [0.05, 0.1) is 6.33 Å². The maximum atomic E-state index is 11.7. The average Bonchev–Trinajstić information content (AvgIpc) is 2.75. The van der Waals surface area contributed by atoms with E-state index in [-0.39, 0.29) is 11.9 Å². The van der Waals surface area contributed by atoms with Crippen LogP contribution in [0.2, 0.25) is 0 Å². The topological polar surface area (TPSA) is 64.2 Å². The summed E-state index contributed by atoms with van der Waals surface area (Å²) < 4.78 is 1.77. The second-order valence-corrected chi connectivity index (χ2v) is 3.62. The van der Waals surface area contributed by atoms with Gasteiger partial charge >= 0.3 is 0 Å². The van der Waals surface area contributed by atoms with E-state index in [0.717, 1.165) is 13.0 Å². The van der Waals surface area contributed by atoms with Gasteiger partial charge in [-0.05, 0) is 6.42 Å². The van der Waals surface area contributed by atoms with Crippen LogP contribution in [0.1, 0.15) is 6.42 Å². The third-order valence-electron chi connectivity index (χ3n) is 2.45. The van der Waals surface area contributed by atoms with Gasteiger partial charge in [-0.3, -0.25) is 4.79 Å². The molecule has 2 N–H and O–H groups in total. The Morgan fingerprint density at radius 1 is 1.64 bits per heavy atom. The van der Waals surface area contributed by atoms with Gasteiger partial charge in [-0.2, -0.15) is 0 Å². The van der Waals surface area contributed by atoms with Crippen LogP contribution in [0.4, 0.5) is 0 Å². The zero-order valence-electron chi connectivity index (χ0n) is 7.97. The summed E-state index contributed by atoms with van der Waals surface area (Å²) >= 11 is 0. The molecule has 5 heteroatoms. The van der Waals surface area contributed by atoms with Crippen molar-refractivity contribution in [2.24, 2.45) is 5.73 Å². The van der Waals surface area contributed by atoms with E-state index >= 15 is 0 Å². The van der Waals surface area contributed by atoms with E-state index in [9.17, 15) is 4.79 Å². The minimum absolute atomic E-state index is 0.121. The Bertz CT molecular complexity index is 309. The highest BCUT2D eigenvalue weighted by Crippen LogP contribution is 2.07. The lowest BCUT2D eigenvalue weighted by Crippen LogP contribution is -2.34. The minimum Gasteiger partial charge on any atom is -0.340 e. The molecule has 1 aromatic rings. The van der Waals surface area contributed by atoms with Gasteiger partial charge in [0.25, 0.3) is 0 Å². The molecule has 0 aliphatic carbocycles. The van der Waals surface area contributed by atoms with Crippen LogP contribution < -0.4 is 5.73 Å². The number of rotatable bonds is 2. The number of imidazole rings is 1. The van der Waals surface area contributed by atoms with Gasteiger partial charge in [-0.15, -0.1) is 0 Å². The zero-order chi connectivity index (χ0) is 9.97. The summed E-state index contributed by atoms with van der Waals surface area (Å²) in [5.74, 6) is 0.121. The molecule has 0 aromatic carbocycles. The number of nitrogens with two attached hydrogens (primary N) is 1. The lowest BCUT2D eigenvalue weighted by Gasteiger charge is -2.15. The number of hydrogen-bond acceptors (Lipinski definition) is 3. The Labute approximate surface area is 82.5 Å². The normalized spacial score (nSPS) is 21.5. The molecule has 0 bridgehead atoms. The fourth-order valence-corrected chi connectivity index (χ4v) is 1.65. The van der Waals surface area contributed by atoms with Gasteiger partial charge in [-0.25, -0.2) is 4.98 Å². The number of aromatic nitrogens is 2. The smallest absolute Gasteiger partial charge is 0.242 e. The molecule has 5 nitrogen and oxygen atoms in total. The van der Waals surface area contributed by atoms with Gasteiger partial charge in [0.1, 0.15) is 6.54 Å². The van der Waals surface area contributed by atoms with E-state index in [1.54, 1.807) is 23.3 Å². The number of carbonyl (C=O) groups excluding carboxylic acids is 1. The van der Waals surface area contributed by atoms with Crippen molar-refractivity contribution in [1.29, 1.82) is 0 Å². The summed E-state index contributed by atoms with van der Waals surface area (Å²) in [6.07, 6.45) is 6.01. The maximum Gasteiger partial charge on any atom is 0.242 e. The monoisotopic (exact) mass is 194 g/mol. The molecule has 2 heterocycles. The number of amides is 1. The van der Waals surface area contributed by atoms with Crippen LogP contribution >= 0.6 is 0 Å². The molecule has 1 amide bonds. The second kappa shape index (κ2) is 3.79. The third-order valence-corrected chi connectivity index (χ3v) is 2.45. The molecule has 1 aliphatic heterocycles. The van der Waals surface area contributed by atoms with Crippen molar-refractivity contribution in [3.05, 3.63) is 18.7 Å². The van der Waals surface area contributed by atoms with E-state index < -0.39 is 0 Å². The fourth-order valence-electron chi connectivity index (χ4n) is 1.65. The van der Waals surface area contributed by atoms with Crippen molar-refractivity contribution in [3.8, 4) is 0 Å². The predicted molar refractivity (Wildman–Crippen MR) is 51.4 cm³/mol. The van der Waals surface area contributed by atoms with Crippen LogP contribution in [0.15, 0.2) is 18.7 Å². The zero-order valence-corrected chi connectivity index (χ0v) is 7.97. The SMILES string of the molecule is NC1CCN(C(=O)Cn2ccnc2)C1. The second-order valence-electron chi connectivity index (χ2n) is 3.62. The van der Waals surface area contributed by atoms with Crippen LogP contribution in [-0.4, -0.2) is 39.5 Å². The molecular weight excluding hydrogens is 180 g/mol. The van der Waals surface area contributed by atoms with E-state index in [1.807, 2.05) is 4.90 Å². The van der Waals surface area contributed by atoms with Crippen LogP contribution in [0.5, 0.6) is 0 Å². The van der Waals surface area contributed by atoms with Crippen LogP contribution in [-0.2, 0) is 11.3 Å². The summed E-state index contributed by atoms with van der Waals surface area (Å²) in [6.45, 7) is 1.84. The maximum absolute atomic E-state index is 11.7. The molecule has 1 aliphatic rings.